The number of anilines is 1. The van der Waals surface area contributed by atoms with Gasteiger partial charge in [0, 0.05) is 24.6 Å². The third kappa shape index (κ3) is 2.55. The lowest BCUT2D eigenvalue weighted by Crippen LogP contribution is -2.24. The molecule has 0 radical (unpaired) electrons. The fraction of sp³-hybridized carbons (Fsp3) is 0.286. The number of aromatic nitrogens is 2. The van der Waals surface area contributed by atoms with Gasteiger partial charge < -0.3 is 15.2 Å². The Morgan fingerprint density at radius 2 is 2.40 bits per heavy atom. The van der Waals surface area contributed by atoms with Crippen molar-refractivity contribution in [3.05, 3.63) is 42.7 Å². The Morgan fingerprint density at radius 1 is 1.50 bits per heavy atom. The number of halogens is 1. The highest BCUT2D eigenvalue weighted by Crippen LogP contribution is 2.19. The van der Waals surface area contributed by atoms with Crippen LogP contribution in [0, 0.1) is 11.7 Å². The SMILES string of the molecule is O=C(Nc1ccc(-n2ccnc2)c(F)c1)C1CCNC1. The Kier molecular flexibility index (Phi) is 3.47. The Bertz CT molecular complexity index is 606. The van der Waals surface area contributed by atoms with Crippen LogP contribution in [0.1, 0.15) is 6.42 Å². The quantitative estimate of drug-likeness (QED) is 0.893. The first-order chi connectivity index (χ1) is 9.74. The van der Waals surface area contributed by atoms with E-state index in [4.69, 9.17) is 0 Å². The maximum Gasteiger partial charge on any atom is 0.228 e. The van der Waals surface area contributed by atoms with Crippen molar-refractivity contribution < 1.29 is 9.18 Å². The molecule has 0 bridgehead atoms. The molecule has 0 spiro atoms. The molecular weight excluding hydrogens is 259 g/mol. The molecule has 20 heavy (non-hydrogen) atoms. The molecule has 1 atom stereocenters. The average molecular weight is 274 g/mol. The van der Waals surface area contributed by atoms with E-state index < -0.39 is 5.82 Å². The van der Waals surface area contributed by atoms with Crippen molar-refractivity contribution >= 4 is 11.6 Å². The molecule has 1 saturated heterocycles. The number of carbonyl (C=O) groups is 1. The maximum absolute atomic E-state index is 14.0. The number of hydrogen-bond donors (Lipinski definition) is 2. The van der Waals surface area contributed by atoms with Crippen molar-refractivity contribution in [2.75, 3.05) is 18.4 Å². The van der Waals surface area contributed by atoms with Crippen LogP contribution in [0.5, 0.6) is 0 Å². The van der Waals surface area contributed by atoms with Crippen LogP contribution < -0.4 is 10.6 Å². The van der Waals surface area contributed by atoms with E-state index in [1.54, 1.807) is 29.1 Å². The van der Waals surface area contributed by atoms with E-state index in [9.17, 15) is 9.18 Å². The monoisotopic (exact) mass is 274 g/mol. The minimum atomic E-state index is -0.398. The number of imidazole rings is 1. The molecule has 2 heterocycles. The van der Waals surface area contributed by atoms with Gasteiger partial charge in [0.05, 0.1) is 17.9 Å². The summed E-state index contributed by atoms with van der Waals surface area (Å²) < 4.78 is 15.6. The summed E-state index contributed by atoms with van der Waals surface area (Å²) in [6.45, 7) is 1.54. The molecule has 0 saturated carbocycles. The van der Waals surface area contributed by atoms with Gasteiger partial charge in [-0.1, -0.05) is 0 Å². The number of benzene rings is 1. The Labute approximate surface area is 115 Å². The summed E-state index contributed by atoms with van der Waals surface area (Å²) in [5.74, 6) is -0.499. The Balaban J connectivity index is 1.75. The summed E-state index contributed by atoms with van der Waals surface area (Å²) >= 11 is 0. The molecule has 104 valence electrons. The van der Waals surface area contributed by atoms with Gasteiger partial charge in [0.1, 0.15) is 5.82 Å². The molecule has 1 aromatic heterocycles. The van der Waals surface area contributed by atoms with E-state index in [0.717, 1.165) is 13.0 Å². The van der Waals surface area contributed by atoms with Crippen LogP contribution in [0.2, 0.25) is 0 Å². The molecule has 1 unspecified atom stereocenters. The first-order valence-corrected chi connectivity index (χ1v) is 6.53. The summed E-state index contributed by atoms with van der Waals surface area (Å²) in [4.78, 5) is 15.8. The summed E-state index contributed by atoms with van der Waals surface area (Å²) in [6, 6.07) is 4.65. The number of rotatable bonds is 3. The van der Waals surface area contributed by atoms with Crippen molar-refractivity contribution in [2.24, 2.45) is 5.92 Å². The van der Waals surface area contributed by atoms with Gasteiger partial charge >= 0.3 is 0 Å². The van der Waals surface area contributed by atoms with Crippen LogP contribution in [0.15, 0.2) is 36.9 Å². The summed E-state index contributed by atoms with van der Waals surface area (Å²) in [7, 11) is 0. The van der Waals surface area contributed by atoms with Crippen LogP contribution >= 0.6 is 0 Å². The molecule has 0 aliphatic carbocycles. The number of amides is 1. The number of nitrogens with zero attached hydrogens (tertiary/aromatic N) is 2. The van der Waals surface area contributed by atoms with Gasteiger partial charge in [-0.15, -0.1) is 0 Å². The molecule has 1 amide bonds. The zero-order valence-corrected chi connectivity index (χ0v) is 10.8. The van der Waals surface area contributed by atoms with E-state index in [0.29, 0.717) is 17.9 Å². The first-order valence-electron chi connectivity index (χ1n) is 6.53. The van der Waals surface area contributed by atoms with Crippen molar-refractivity contribution in [1.29, 1.82) is 0 Å². The minimum Gasteiger partial charge on any atom is -0.326 e. The number of carbonyl (C=O) groups excluding carboxylic acids is 1. The molecule has 2 N–H and O–H groups in total. The van der Waals surface area contributed by atoms with Crippen LogP contribution in [0.25, 0.3) is 5.69 Å². The molecule has 1 fully saturated rings. The second-order valence-electron chi connectivity index (χ2n) is 4.82. The lowest BCUT2D eigenvalue weighted by Gasteiger charge is -2.11. The fourth-order valence-electron chi connectivity index (χ4n) is 2.32. The molecule has 6 heteroatoms. The topological polar surface area (TPSA) is 59.0 Å². The molecule has 5 nitrogen and oxygen atoms in total. The van der Waals surface area contributed by atoms with E-state index in [1.165, 1.54) is 12.4 Å². The smallest absolute Gasteiger partial charge is 0.228 e. The lowest BCUT2D eigenvalue weighted by molar-refractivity contribution is -0.119. The predicted octanol–water partition coefficient (Wildman–Crippen LogP) is 1.56. The standard InChI is InChI=1S/C14H15FN4O/c15-12-7-11(18-14(20)10-3-4-16-8-10)1-2-13(12)19-6-5-17-9-19/h1-2,5-7,9-10,16H,3-4,8H2,(H,18,20). The molecule has 3 rings (SSSR count). The van der Waals surface area contributed by atoms with Gasteiger partial charge in [0.25, 0.3) is 0 Å². The Morgan fingerprint density at radius 3 is 3.05 bits per heavy atom. The van der Waals surface area contributed by atoms with Crippen LogP contribution in [0.4, 0.5) is 10.1 Å². The lowest BCUT2D eigenvalue weighted by atomic mass is 10.1. The van der Waals surface area contributed by atoms with Crippen molar-refractivity contribution in [1.82, 2.24) is 14.9 Å². The Hall–Kier alpha value is -2.21. The second-order valence-corrected chi connectivity index (χ2v) is 4.82. The van der Waals surface area contributed by atoms with Crippen LogP contribution in [-0.4, -0.2) is 28.5 Å². The first kappa shape index (κ1) is 12.8. The third-order valence-electron chi connectivity index (χ3n) is 3.43. The van der Waals surface area contributed by atoms with Gasteiger partial charge in [-0.05, 0) is 31.2 Å². The molecule has 1 aromatic carbocycles. The van der Waals surface area contributed by atoms with Gasteiger partial charge in [0.15, 0.2) is 0 Å². The van der Waals surface area contributed by atoms with Crippen molar-refractivity contribution in [3.8, 4) is 5.69 Å². The number of hydrogen-bond acceptors (Lipinski definition) is 3. The van der Waals surface area contributed by atoms with Crippen LogP contribution in [-0.2, 0) is 4.79 Å². The zero-order chi connectivity index (χ0) is 13.9. The highest BCUT2D eigenvalue weighted by atomic mass is 19.1. The van der Waals surface area contributed by atoms with Gasteiger partial charge in [-0.25, -0.2) is 9.37 Å². The maximum atomic E-state index is 14.0. The van der Waals surface area contributed by atoms with E-state index >= 15 is 0 Å². The minimum absolute atomic E-state index is 0.0358. The van der Waals surface area contributed by atoms with Crippen LogP contribution in [0.3, 0.4) is 0 Å². The predicted molar refractivity (Wildman–Crippen MR) is 73.1 cm³/mol. The van der Waals surface area contributed by atoms with Gasteiger partial charge in [-0.2, -0.15) is 0 Å². The van der Waals surface area contributed by atoms with Crippen molar-refractivity contribution in [3.63, 3.8) is 0 Å². The molecule has 1 aliphatic heterocycles. The summed E-state index contributed by atoms with van der Waals surface area (Å²) in [6.07, 6.45) is 5.60. The third-order valence-corrected chi connectivity index (χ3v) is 3.43. The summed E-state index contributed by atoms with van der Waals surface area (Å²) in [5, 5.41) is 5.89. The summed E-state index contributed by atoms with van der Waals surface area (Å²) in [5.41, 5.74) is 0.881. The fourth-order valence-corrected chi connectivity index (χ4v) is 2.32. The largest absolute Gasteiger partial charge is 0.326 e. The van der Waals surface area contributed by atoms with Gasteiger partial charge in [-0.3, -0.25) is 4.79 Å². The normalized spacial score (nSPS) is 18.1. The van der Waals surface area contributed by atoms with E-state index in [1.807, 2.05) is 0 Å². The van der Waals surface area contributed by atoms with E-state index in [-0.39, 0.29) is 11.8 Å². The zero-order valence-electron chi connectivity index (χ0n) is 10.8. The van der Waals surface area contributed by atoms with Crippen molar-refractivity contribution in [2.45, 2.75) is 6.42 Å². The van der Waals surface area contributed by atoms with E-state index in [2.05, 4.69) is 15.6 Å². The molecule has 2 aromatic rings. The molecular formula is C14H15FN4O. The average Bonchev–Trinajstić information content (AvgIpc) is 3.12. The van der Waals surface area contributed by atoms with Gasteiger partial charge in [0.2, 0.25) is 5.91 Å². The number of nitrogens with one attached hydrogen (secondary N) is 2. The highest BCUT2D eigenvalue weighted by Gasteiger charge is 2.22. The molecule has 1 aliphatic rings. The highest BCUT2D eigenvalue weighted by molar-refractivity contribution is 5.93. The second kappa shape index (κ2) is 5.42.